The first-order chi connectivity index (χ1) is 13.9. The molecule has 2 aromatic heterocycles. The van der Waals surface area contributed by atoms with Gasteiger partial charge in [0.1, 0.15) is 11.6 Å². The Bertz CT molecular complexity index is 1030. The average molecular weight is 407 g/mol. The van der Waals surface area contributed by atoms with Crippen LogP contribution in [-0.4, -0.2) is 27.6 Å². The second-order valence-corrected chi connectivity index (χ2v) is 8.82. The van der Waals surface area contributed by atoms with Gasteiger partial charge in [-0.1, -0.05) is 26.0 Å². The molecular weight excluding hydrogens is 376 g/mol. The number of thiol groups is 1. The Morgan fingerprint density at radius 2 is 1.90 bits per heavy atom. The standard InChI is InChI=1S/C24H30N4S/c1-15(2)19-6-7-21(20(12-19)14-29)28-13-17(4)22-23(25-18(5)26-24(22)28)27-10-8-16(3)9-11-27/h3,6-7,12-13,15-16,29H,8-11,14H2,1-2,4-5H3. The smallest absolute Gasteiger partial charge is 0.150 e. The summed E-state index contributed by atoms with van der Waals surface area (Å²) in [4.78, 5) is 12.1. The summed E-state index contributed by atoms with van der Waals surface area (Å²) >= 11 is 4.61. The highest BCUT2D eigenvalue weighted by molar-refractivity contribution is 7.79. The van der Waals surface area contributed by atoms with Gasteiger partial charge < -0.3 is 9.47 Å². The molecule has 5 heteroatoms. The van der Waals surface area contributed by atoms with Crippen molar-refractivity contribution in [3.05, 3.63) is 53.8 Å². The van der Waals surface area contributed by atoms with E-state index < -0.39 is 0 Å². The van der Waals surface area contributed by atoms with E-state index in [-0.39, 0.29) is 0 Å². The van der Waals surface area contributed by atoms with Crippen LogP contribution in [-0.2, 0) is 5.75 Å². The molecule has 1 fully saturated rings. The largest absolute Gasteiger partial charge is 0.356 e. The van der Waals surface area contributed by atoms with Crippen molar-refractivity contribution < 1.29 is 0 Å². The van der Waals surface area contributed by atoms with Gasteiger partial charge in [-0.15, -0.1) is 0 Å². The topological polar surface area (TPSA) is 34.0 Å². The Balaban J connectivity index is 1.88. The van der Waals surface area contributed by atoms with Crippen LogP contribution in [0.2, 0.25) is 0 Å². The summed E-state index contributed by atoms with van der Waals surface area (Å²) in [6.07, 6.45) is 4.20. The maximum Gasteiger partial charge on any atom is 0.150 e. The summed E-state index contributed by atoms with van der Waals surface area (Å²) in [5, 5.41) is 1.14. The normalized spacial score (nSPS) is 15.6. The molecule has 0 unspecified atom stereocenters. The number of aryl methyl sites for hydroxylation is 2. The van der Waals surface area contributed by atoms with Crippen molar-refractivity contribution in [1.29, 1.82) is 0 Å². The summed E-state index contributed by atoms with van der Waals surface area (Å²) in [5.74, 6) is 3.32. The van der Waals surface area contributed by atoms with Crippen molar-refractivity contribution in [1.82, 2.24) is 14.5 Å². The third-order valence-corrected chi connectivity index (χ3v) is 6.31. The summed E-state index contributed by atoms with van der Waals surface area (Å²) < 4.78 is 2.22. The molecule has 0 bridgehead atoms. The summed E-state index contributed by atoms with van der Waals surface area (Å²) in [6.45, 7) is 16.6. The Kier molecular flexibility index (Phi) is 5.60. The van der Waals surface area contributed by atoms with Gasteiger partial charge in [-0.25, -0.2) is 9.97 Å². The number of hydrogen-bond donors (Lipinski definition) is 1. The number of hydrogen-bond acceptors (Lipinski definition) is 4. The Hall–Kier alpha value is -2.01. The van der Waals surface area contributed by atoms with Crippen LogP contribution in [0.4, 0.5) is 5.82 Å². The van der Waals surface area contributed by atoms with Crippen molar-refractivity contribution >= 4 is 29.5 Å². The fourth-order valence-electron chi connectivity index (χ4n) is 4.24. The number of aromatic nitrogens is 3. The van der Waals surface area contributed by atoms with Crippen molar-refractivity contribution in [2.45, 2.75) is 52.2 Å². The number of nitrogens with zero attached hydrogens (tertiary/aromatic N) is 4. The van der Waals surface area contributed by atoms with Crippen LogP contribution in [0.3, 0.4) is 0 Å². The predicted molar refractivity (Wildman–Crippen MR) is 124 cm³/mol. The van der Waals surface area contributed by atoms with E-state index in [0.29, 0.717) is 17.6 Å². The van der Waals surface area contributed by atoms with E-state index in [4.69, 9.17) is 16.9 Å². The van der Waals surface area contributed by atoms with Crippen LogP contribution in [0, 0.1) is 26.7 Å². The zero-order chi connectivity index (χ0) is 20.7. The van der Waals surface area contributed by atoms with Gasteiger partial charge >= 0.3 is 0 Å². The number of piperidine rings is 1. The first kappa shape index (κ1) is 20.3. The highest BCUT2D eigenvalue weighted by atomic mass is 32.1. The van der Waals surface area contributed by atoms with Gasteiger partial charge in [0.25, 0.3) is 0 Å². The molecule has 1 aliphatic heterocycles. The molecule has 1 aromatic carbocycles. The van der Waals surface area contributed by atoms with Gasteiger partial charge in [0.2, 0.25) is 0 Å². The molecule has 29 heavy (non-hydrogen) atoms. The first-order valence-corrected chi connectivity index (χ1v) is 11.1. The highest BCUT2D eigenvalue weighted by Crippen LogP contribution is 2.34. The average Bonchev–Trinajstić information content (AvgIpc) is 3.03. The van der Waals surface area contributed by atoms with E-state index in [0.717, 1.165) is 54.3 Å². The van der Waals surface area contributed by atoms with Gasteiger partial charge in [0, 0.05) is 25.0 Å². The molecule has 0 aliphatic carbocycles. The zero-order valence-corrected chi connectivity index (χ0v) is 18.7. The minimum absolute atomic E-state index is 0.299. The van der Waals surface area contributed by atoms with Crippen molar-refractivity contribution in [3.8, 4) is 5.69 Å². The third kappa shape index (κ3) is 3.77. The van der Waals surface area contributed by atoms with Crippen molar-refractivity contribution in [2.24, 2.45) is 5.92 Å². The number of fused-ring (bicyclic) bond motifs is 1. The lowest BCUT2D eigenvalue weighted by atomic mass is 9.99. The van der Waals surface area contributed by atoms with E-state index in [2.05, 4.69) is 67.3 Å². The van der Waals surface area contributed by atoms with Crippen LogP contribution in [0.25, 0.3) is 16.7 Å². The van der Waals surface area contributed by atoms with E-state index >= 15 is 0 Å². The zero-order valence-electron chi connectivity index (χ0n) is 17.8. The second kappa shape index (κ2) is 8.02. The summed E-state index contributed by atoms with van der Waals surface area (Å²) in [6, 6.07) is 6.70. The Morgan fingerprint density at radius 1 is 1.17 bits per heavy atom. The van der Waals surface area contributed by atoms with Gasteiger partial charge in [-0.05, 0) is 68.2 Å². The molecule has 4 rings (SSSR count). The molecule has 0 saturated carbocycles. The van der Waals surface area contributed by atoms with E-state index in [1.54, 1.807) is 0 Å². The van der Waals surface area contributed by atoms with Crippen LogP contribution in [0.15, 0.2) is 24.4 Å². The summed E-state index contributed by atoms with van der Waals surface area (Å²) in [7, 11) is 0. The van der Waals surface area contributed by atoms with Gasteiger partial charge in [0.05, 0.1) is 11.1 Å². The SMILES string of the molecule is [CH]C1CCN(c2nc(C)nc3c2c(C)cn3-c2ccc(C(C)C)cc2CS)CC1. The summed E-state index contributed by atoms with van der Waals surface area (Å²) in [5.41, 5.74) is 5.87. The maximum atomic E-state index is 6.12. The molecule has 3 heterocycles. The van der Waals surface area contributed by atoms with Crippen LogP contribution < -0.4 is 4.90 Å². The molecule has 1 saturated heterocycles. The number of benzene rings is 1. The molecule has 4 nitrogen and oxygen atoms in total. The monoisotopic (exact) mass is 406 g/mol. The van der Waals surface area contributed by atoms with Gasteiger partial charge in [-0.3, -0.25) is 0 Å². The quantitative estimate of drug-likeness (QED) is 0.580. The van der Waals surface area contributed by atoms with Crippen LogP contribution in [0.1, 0.15) is 55.1 Å². The molecule has 0 spiro atoms. The van der Waals surface area contributed by atoms with Gasteiger partial charge in [0.15, 0.2) is 5.65 Å². The fraction of sp³-hybridized carbons (Fsp3) is 0.458. The maximum absolute atomic E-state index is 6.12. The van der Waals surface area contributed by atoms with Crippen molar-refractivity contribution in [3.63, 3.8) is 0 Å². The van der Waals surface area contributed by atoms with E-state index in [9.17, 15) is 0 Å². The lowest BCUT2D eigenvalue weighted by Gasteiger charge is -2.31. The molecule has 0 N–H and O–H groups in total. The minimum Gasteiger partial charge on any atom is -0.356 e. The minimum atomic E-state index is 0.299. The Morgan fingerprint density at radius 3 is 2.55 bits per heavy atom. The molecule has 152 valence electrons. The number of anilines is 1. The van der Waals surface area contributed by atoms with Crippen LogP contribution >= 0.6 is 12.6 Å². The van der Waals surface area contributed by atoms with E-state index in [1.165, 1.54) is 16.7 Å². The Labute approximate surface area is 179 Å². The fourth-order valence-corrected chi connectivity index (χ4v) is 4.49. The molecule has 1 aliphatic rings. The molecule has 3 aromatic rings. The highest BCUT2D eigenvalue weighted by Gasteiger charge is 2.23. The predicted octanol–water partition coefficient (Wildman–Crippen LogP) is 5.52. The number of rotatable bonds is 4. The lowest BCUT2D eigenvalue weighted by Crippen LogP contribution is -2.33. The molecule has 0 atom stereocenters. The molecular formula is C24H30N4S. The first-order valence-electron chi connectivity index (χ1n) is 10.5. The van der Waals surface area contributed by atoms with E-state index in [1.807, 2.05) is 6.92 Å². The van der Waals surface area contributed by atoms with Crippen molar-refractivity contribution in [2.75, 3.05) is 18.0 Å². The molecule has 0 amide bonds. The van der Waals surface area contributed by atoms with Crippen LogP contribution in [0.5, 0.6) is 0 Å². The lowest BCUT2D eigenvalue weighted by molar-refractivity contribution is 0.474. The third-order valence-electron chi connectivity index (χ3n) is 5.97. The second-order valence-electron chi connectivity index (χ2n) is 8.50. The van der Waals surface area contributed by atoms with Gasteiger partial charge in [-0.2, -0.15) is 12.6 Å². The molecule has 2 radical (unpaired) electrons.